The number of fused-ring (bicyclic) bond motifs is 6. The van der Waals surface area contributed by atoms with Gasteiger partial charge in [-0.2, -0.15) is 0 Å². The summed E-state index contributed by atoms with van der Waals surface area (Å²) in [7, 11) is 0. The highest BCUT2D eigenvalue weighted by atomic mass is 16.5. The molecule has 1 unspecified atom stereocenters. The maximum atomic E-state index is 6.59. The average molecular weight is 686 g/mol. The molecule has 10 rings (SSSR count). The first kappa shape index (κ1) is 31.2. The molecule has 3 heterocycles. The number of para-hydroxylation sites is 2. The van der Waals surface area contributed by atoms with Crippen LogP contribution in [0.1, 0.15) is 48.7 Å². The van der Waals surface area contributed by atoms with Crippen molar-refractivity contribution in [2.75, 3.05) is 0 Å². The smallest absolute Gasteiger partial charge is 0.164 e. The van der Waals surface area contributed by atoms with Crippen LogP contribution < -0.4 is 4.74 Å². The Morgan fingerprint density at radius 1 is 0.642 bits per heavy atom. The van der Waals surface area contributed by atoms with Crippen LogP contribution in [-0.2, 0) is 0 Å². The summed E-state index contributed by atoms with van der Waals surface area (Å²) in [5.74, 6) is 2.82. The fourth-order valence-electron chi connectivity index (χ4n) is 7.92. The highest BCUT2D eigenvalue weighted by Crippen LogP contribution is 2.47. The molecule has 0 radical (unpaired) electrons. The van der Waals surface area contributed by atoms with Crippen LogP contribution in [0.3, 0.4) is 0 Å². The van der Waals surface area contributed by atoms with Crippen molar-refractivity contribution in [1.82, 2.24) is 15.0 Å². The Kier molecular flexibility index (Phi) is 7.57. The number of benzene rings is 5. The van der Waals surface area contributed by atoms with Gasteiger partial charge in [0.25, 0.3) is 0 Å². The minimum Gasteiger partial charge on any atom is -0.485 e. The maximum absolute atomic E-state index is 6.59. The summed E-state index contributed by atoms with van der Waals surface area (Å²) in [6.45, 7) is 2.05. The highest BCUT2D eigenvalue weighted by molar-refractivity contribution is 6.14. The van der Waals surface area contributed by atoms with E-state index in [0.29, 0.717) is 17.5 Å². The van der Waals surface area contributed by atoms with Crippen molar-refractivity contribution in [1.29, 1.82) is 0 Å². The lowest BCUT2D eigenvalue weighted by atomic mass is 9.86. The van der Waals surface area contributed by atoms with Gasteiger partial charge in [0.15, 0.2) is 17.5 Å². The third-order valence-electron chi connectivity index (χ3n) is 10.4. The lowest BCUT2D eigenvalue weighted by molar-refractivity contribution is 0.279. The molecule has 254 valence electrons. The topological polar surface area (TPSA) is 61.0 Å². The van der Waals surface area contributed by atoms with E-state index in [1.54, 1.807) is 0 Å². The molecule has 0 saturated heterocycles. The van der Waals surface area contributed by atoms with Crippen molar-refractivity contribution in [2.24, 2.45) is 0 Å². The van der Waals surface area contributed by atoms with E-state index < -0.39 is 0 Å². The summed E-state index contributed by atoms with van der Waals surface area (Å²) >= 11 is 0. The van der Waals surface area contributed by atoms with E-state index in [2.05, 4.69) is 134 Å². The number of aromatic nitrogens is 3. The second-order valence-corrected chi connectivity index (χ2v) is 13.7. The van der Waals surface area contributed by atoms with Crippen molar-refractivity contribution in [3.63, 3.8) is 0 Å². The van der Waals surface area contributed by atoms with Crippen molar-refractivity contribution in [3.05, 3.63) is 168 Å². The molecule has 5 heteroatoms. The Morgan fingerprint density at radius 2 is 1.42 bits per heavy atom. The summed E-state index contributed by atoms with van der Waals surface area (Å²) in [6, 6.07) is 37.9. The Labute approximate surface area is 308 Å². The molecular weight excluding hydrogens is 651 g/mol. The van der Waals surface area contributed by atoms with Gasteiger partial charge < -0.3 is 9.15 Å². The second-order valence-electron chi connectivity index (χ2n) is 13.7. The van der Waals surface area contributed by atoms with Gasteiger partial charge in [-0.1, -0.05) is 127 Å². The van der Waals surface area contributed by atoms with Crippen LogP contribution in [0.5, 0.6) is 5.75 Å². The molecule has 2 aromatic heterocycles. The predicted octanol–water partition coefficient (Wildman–Crippen LogP) is 12.2. The monoisotopic (exact) mass is 685 g/mol. The van der Waals surface area contributed by atoms with Crippen LogP contribution in [0.15, 0.2) is 150 Å². The van der Waals surface area contributed by atoms with Crippen LogP contribution in [0.25, 0.3) is 78.6 Å². The number of furan rings is 1. The van der Waals surface area contributed by atoms with Crippen LogP contribution in [0, 0.1) is 0 Å². The number of ether oxygens (including phenoxy) is 1. The molecule has 7 aromatic rings. The minimum atomic E-state index is -0.0319. The maximum Gasteiger partial charge on any atom is 0.164 e. The van der Waals surface area contributed by atoms with E-state index in [-0.39, 0.29) is 6.10 Å². The van der Waals surface area contributed by atoms with Crippen LogP contribution >= 0.6 is 0 Å². The van der Waals surface area contributed by atoms with Crippen molar-refractivity contribution in [3.8, 4) is 39.7 Å². The molecule has 3 aliphatic rings. The molecule has 0 saturated carbocycles. The van der Waals surface area contributed by atoms with Gasteiger partial charge in [0.05, 0.1) is 0 Å². The zero-order valence-electron chi connectivity index (χ0n) is 29.3. The molecule has 0 bridgehead atoms. The van der Waals surface area contributed by atoms with Gasteiger partial charge in [-0.05, 0) is 71.9 Å². The van der Waals surface area contributed by atoms with E-state index in [1.807, 2.05) is 25.1 Å². The Balaban J connectivity index is 1.19. The van der Waals surface area contributed by atoms with Crippen LogP contribution in [0.4, 0.5) is 0 Å². The molecule has 1 atom stereocenters. The third kappa shape index (κ3) is 5.44. The fraction of sp³-hybridized carbons (Fsp3) is 0.104. The van der Waals surface area contributed by atoms with Gasteiger partial charge in [-0.3, -0.25) is 0 Å². The highest BCUT2D eigenvalue weighted by Gasteiger charge is 2.32. The zero-order chi connectivity index (χ0) is 35.3. The average Bonchev–Trinajstić information content (AvgIpc) is 3.80. The van der Waals surface area contributed by atoms with Crippen LogP contribution in [-0.4, -0.2) is 21.1 Å². The van der Waals surface area contributed by atoms with E-state index in [1.165, 1.54) is 16.7 Å². The Hall–Kier alpha value is -6.59. The summed E-state index contributed by atoms with van der Waals surface area (Å²) in [4.78, 5) is 15.6. The third-order valence-corrected chi connectivity index (χ3v) is 10.4. The largest absolute Gasteiger partial charge is 0.485 e. The lowest BCUT2D eigenvalue weighted by Gasteiger charge is -2.19. The van der Waals surface area contributed by atoms with Gasteiger partial charge >= 0.3 is 0 Å². The summed E-state index contributed by atoms with van der Waals surface area (Å²) in [5.41, 5.74) is 12.5. The van der Waals surface area contributed by atoms with E-state index in [4.69, 9.17) is 24.1 Å². The van der Waals surface area contributed by atoms with Crippen LogP contribution in [0.2, 0.25) is 0 Å². The number of allylic oxidation sites excluding steroid dienone is 7. The molecule has 0 amide bonds. The molecular formula is C48H35N3O2. The first-order chi connectivity index (χ1) is 26.2. The van der Waals surface area contributed by atoms with E-state index in [9.17, 15) is 0 Å². The van der Waals surface area contributed by atoms with Gasteiger partial charge in [0.1, 0.15) is 23.0 Å². The number of nitrogens with zero attached hydrogens (tertiary/aromatic N) is 3. The first-order valence-corrected chi connectivity index (χ1v) is 18.3. The fourth-order valence-corrected chi connectivity index (χ4v) is 7.92. The molecule has 53 heavy (non-hydrogen) atoms. The van der Waals surface area contributed by atoms with E-state index >= 15 is 0 Å². The number of rotatable bonds is 6. The number of hydrogen-bond donors (Lipinski definition) is 0. The predicted molar refractivity (Wildman–Crippen MR) is 216 cm³/mol. The molecule has 0 fully saturated rings. The van der Waals surface area contributed by atoms with Crippen molar-refractivity contribution in [2.45, 2.75) is 32.3 Å². The van der Waals surface area contributed by atoms with Gasteiger partial charge in [-0.15, -0.1) is 0 Å². The standard InChI is InChI=1S/C48H35N3O2/c1-2-13-30-14-6-7-17-35(30)31-24-26-33(27-25-31)47-49-46(32-15-4-3-5-16-32)50-48(51-47)39-28-34(29-43-45(39)38-19-9-11-22-41(38)53-43)36-20-12-23-42-44(36)37-18-8-10-21-40(37)52-42/h2,4,6-22,24-29,42H,3,5,23H2,1H3/b13-2-. The molecule has 1 aliphatic heterocycles. The summed E-state index contributed by atoms with van der Waals surface area (Å²) < 4.78 is 13.0. The SMILES string of the molecule is C/C=C\c1ccccc1-c1ccc(-c2nc(C3=CCCC=C3)nc(-c3cc(C4=C5c6ccccc6OC5CC=C4)cc4oc5ccccc5c34)n2)cc1. The van der Waals surface area contributed by atoms with Gasteiger partial charge in [0, 0.05) is 45.0 Å². The van der Waals surface area contributed by atoms with Crippen molar-refractivity contribution < 1.29 is 9.15 Å². The Morgan fingerprint density at radius 3 is 2.28 bits per heavy atom. The lowest BCUT2D eigenvalue weighted by Crippen LogP contribution is -2.14. The number of hydrogen-bond acceptors (Lipinski definition) is 5. The van der Waals surface area contributed by atoms with Crippen molar-refractivity contribution >= 4 is 44.7 Å². The van der Waals surface area contributed by atoms with Gasteiger partial charge in [0.2, 0.25) is 0 Å². The van der Waals surface area contributed by atoms with E-state index in [0.717, 1.165) is 85.9 Å². The molecule has 5 aromatic carbocycles. The molecule has 0 spiro atoms. The molecule has 2 aliphatic carbocycles. The minimum absolute atomic E-state index is 0.0319. The Bertz CT molecular complexity index is 2740. The van der Waals surface area contributed by atoms with Gasteiger partial charge in [-0.25, -0.2) is 15.0 Å². The second kappa shape index (κ2) is 12.9. The summed E-state index contributed by atoms with van der Waals surface area (Å²) in [5, 5.41) is 2.01. The first-order valence-electron chi connectivity index (χ1n) is 18.3. The summed E-state index contributed by atoms with van der Waals surface area (Å²) in [6.07, 6.45) is 17.9. The molecule has 0 N–H and O–H groups in total. The molecule has 5 nitrogen and oxygen atoms in total. The normalized spacial score (nSPS) is 16.3. The quantitative estimate of drug-likeness (QED) is 0.174. The zero-order valence-corrected chi connectivity index (χ0v) is 29.3.